The van der Waals surface area contributed by atoms with Gasteiger partial charge in [-0.1, -0.05) is 6.07 Å². The van der Waals surface area contributed by atoms with Gasteiger partial charge in [-0.25, -0.2) is 0 Å². The van der Waals surface area contributed by atoms with E-state index in [9.17, 15) is 0 Å². The molecule has 1 atom stereocenters. The second-order valence-corrected chi connectivity index (χ2v) is 3.49. The molecule has 0 saturated heterocycles. The van der Waals surface area contributed by atoms with Gasteiger partial charge >= 0.3 is 0 Å². The van der Waals surface area contributed by atoms with Crippen LogP contribution in [0.25, 0.3) is 0 Å². The minimum absolute atomic E-state index is 0.231. The molecule has 4 nitrogen and oxygen atoms in total. The molecular formula is C11H14N4. The van der Waals surface area contributed by atoms with Crippen molar-refractivity contribution in [2.75, 3.05) is 5.32 Å². The van der Waals surface area contributed by atoms with Gasteiger partial charge in [0, 0.05) is 25.5 Å². The SMILES string of the molecule is CC(Nc1ccnn1C)c1cccnc1. The molecule has 0 amide bonds. The van der Waals surface area contributed by atoms with Gasteiger partial charge in [0.15, 0.2) is 0 Å². The smallest absolute Gasteiger partial charge is 0.124 e. The van der Waals surface area contributed by atoms with E-state index in [-0.39, 0.29) is 6.04 Å². The molecule has 1 unspecified atom stereocenters. The highest BCUT2D eigenvalue weighted by Crippen LogP contribution is 2.16. The monoisotopic (exact) mass is 202 g/mol. The first kappa shape index (κ1) is 9.71. The summed E-state index contributed by atoms with van der Waals surface area (Å²) < 4.78 is 1.81. The van der Waals surface area contributed by atoms with Gasteiger partial charge < -0.3 is 5.32 Å². The van der Waals surface area contributed by atoms with E-state index in [0.717, 1.165) is 5.82 Å². The molecule has 2 aromatic rings. The molecule has 0 spiro atoms. The van der Waals surface area contributed by atoms with Gasteiger partial charge in [-0.3, -0.25) is 9.67 Å². The minimum atomic E-state index is 0.231. The van der Waals surface area contributed by atoms with Crippen molar-refractivity contribution in [3.63, 3.8) is 0 Å². The molecule has 0 bridgehead atoms. The summed E-state index contributed by atoms with van der Waals surface area (Å²) in [4.78, 5) is 4.10. The van der Waals surface area contributed by atoms with E-state index in [0.29, 0.717) is 0 Å². The van der Waals surface area contributed by atoms with Gasteiger partial charge in [0.1, 0.15) is 5.82 Å². The third-order valence-corrected chi connectivity index (χ3v) is 2.37. The van der Waals surface area contributed by atoms with Gasteiger partial charge in [0.2, 0.25) is 0 Å². The lowest BCUT2D eigenvalue weighted by molar-refractivity contribution is 0.750. The number of pyridine rings is 1. The molecular weight excluding hydrogens is 188 g/mol. The van der Waals surface area contributed by atoms with Gasteiger partial charge in [0.25, 0.3) is 0 Å². The van der Waals surface area contributed by atoms with E-state index in [4.69, 9.17) is 0 Å². The summed E-state index contributed by atoms with van der Waals surface area (Å²) in [6.45, 7) is 2.10. The number of hydrogen-bond acceptors (Lipinski definition) is 3. The van der Waals surface area contributed by atoms with Gasteiger partial charge in [-0.05, 0) is 18.6 Å². The van der Waals surface area contributed by atoms with Crippen LogP contribution in [0.3, 0.4) is 0 Å². The van der Waals surface area contributed by atoms with Gasteiger partial charge in [-0.2, -0.15) is 5.10 Å². The number of aromatic nitrogens is 3. The van der Waals surface area contributed by atoms with Gasteiger partial charge in [-0.15, -0.1) is 0 Å². The van der Waals surface area contributed by atoms with E-state index in [1.807, 2.05) is 30.1 Å². The molecule has 2 rings (SSSR count). The van der Waals surface area contributed by atoms with Crippen LogP contribution in [-0.2, 0) is 7.05 Å². The van der Waals surface area contributed by atoms with Crippen LogP contribution in [0, 0.1) is 0 Å². The maximum Gasteiger partial charge on any atom is 0.124 e. The first-order valence-corrected chi connectivity index (χ1v) is 4.92. The van der Waals surface area contributed by atoms with Crippen LogP contribution < -0.4 is 5.32 Å². The first-order valence-electron chi connectivity index (χ1n) is 4.92. The van der Waals surface area contributed by atoms with E-state index in [1.165, 1.54) is 5.56 Å². The molecule has 0 aromatic carbocycles. The fraction of sp³-hybridized carbons (Fsp3) is 0.273. The summed E-state index contributed by atoms with van der Waals surface area (Å²) in [5, 5.41) is 7.47. The van der Waals surface area contributed by atoms with E-state index in [2.05, 4.69) is 28.4 Å². The number of anilines is 1. The molecule has 1 N–H and O–H groups in total. The quantitative estimate of drug-likeness (QED) is 0.827. The van der Waals surface area contributed by atoms with Crippen LogP contribution in [0.1, 0.15) is 18.5 Å². The molecule has 0 fully saturated rings. The zero-order valence-electron chi connectivity index (χ0n) is 8.88. The molecule has 78 valence electrons. The standard InChI is InChI=1S/C11H14N4/c1-9(10-4-3-6-12-8-10)14-11-5-7-13-15(11)2/h3-9,14H,1-2H3. The number of nitrogens with zero attached hydrogens (tertiary/aromatic N) is 3. The van der Waals surface area contributed by atoms with Crippen LogP contribution in [0.2, 0.25) is 0 Å². The summed E-state index contributed by atoms with van der Waals surface area (Å²) in [6, 6.07) is 6.18. The number of rotatable bonds is 3. The Morgan fingerprint density at radius 1 is 1.33 bits per heavy atom. The zero-order chi connectivity index (χ0) is 10.7. The lowest BCUT2D eigenvalue weighted by Crippen LogP contribution is -2.10. The summed E-state index contributed by atoms with van der Waals surface area (Å²) in [5.41, 5.74) is 1.17. The fourth-order valence-electron chi connectivity index (χ4n) is 1.45. The predicted octanol–water partition coefficient (Wildman–Crippen LogP) is 1.99. The Bertz CT molecular complexity index is 421. The molecule has 2 aromatic heterocycles. The molecule has 2 heterocycles. The average molecular weight is 202 g/mol. The fourth-order valence-corrected chi connectivity index (χ4v) is 1.45. The van der Waals surface area contributed by atoms with Crippen molar-refractivity contribution in [1.29, 1.82) is 0 Å². The summed E-state index contributed by atoms with van der Waals surface area (Å²) in [5.74, 6) is 1.01. The van der Waals surface area contributed by atoms with Crippen molar-refractivity contribution in [3.05, 3.63) is 42.4 Å². The maximum atomic E-state index is 4.10. The molecule has 15 heavy (non-hydrogen) atoms. The predicted molar refractivity (Wildman–Crippen MR) is 59.5 cm³/mol. The third kappa shape index (κ3) is 2.15. The van der Waals surface area contributed by atoms with Crippen molar-refractivity contribution >= 4 is 5.82 Å². The molecule has 0 saturated carbocycles. The first-order chi connectivity index (χ1) is 7.27. The van der Waals surface area contributed by atoms with Crippen LogP contribution in [0.5, 0.6) is 0 Å². The topological polar surface area (TPSA) is 42.7 Å². The second kappa shape index (κ2) is 4.13. The van der Waals surface area contributed by atoms with Crippen LogP contribution in [0.4, 0.5) is 5.82 Å². The lowest BCUT2D eigenvalue weighted by atomic mass is 10.1. The summed E-state index contributed by atoms with van der Waals surface area (Å²) in [7, 11) is 1.91. The average Bonchev–Trinajstić information content (AvgIpc) is 2.66. The Kier molecular flexibility index (Phi) is 2.67. The molecule has 0 radical (unpaired) electrons. The Balaban J connectivity index is 2.11. The third-order valence-electron chi connectivity index (χ3n) is 2.37. The number of hydrogen-bond donors (Lipinski definition) is 1. The highest BCUT2D eigenvalue weighted by atomic mass is 15.3. The largest absolute Gasteiger partial charge is 0.364 e. The Morgan fingerprint density at radius 2 is 2.20 bits per heavy atom. The summed E-state index contributed by atoms with van der Waals surface area (Å²) >= 11 is 0. The zero-order valence-corrected chi connectivity index (χ0v) is 8.88. The van der Waals surface area contributed by atoms with Crippen molar-refractivity contribution in [3.8, 4) is 0 Å². The van der Waals surface area contributed by atoms with Crippen molar-refractivity contribution in [2.24, 2.45) is 7.05 Å². The maximum absolute atomic E-state index is 4.10. The van der Waals surface area contributed by atoms with Crippen molar-refractivity contribution in [1.82, 2.24) is 14.8 Å². The molecule has 4 heteroatoms. The van der Waals surface area contributed by atoms with Gasteiger partial charge in [0.05, 0.1) is 12.2 Å². The van der Waals surface area contributed by atoms with Crippen LogP contribution in [-0.4, -0.2) is 14.8 Å². The van der Waals surface area contributed by atoms with Crippen LogP contribution in [0.15, 0.2) is 36.8 Å². The Labute approximate surface area is 89.0 Å². The second-order valence-electron chi connectivity index (χ2n) is 3.49. The number of aryl methyl sites for hydroxylation is 1. The normalized spacial score (nSPS) is 12.4. The van der Waals surface area contributed by atoms with Crippen LogP contribution >= 0.6 is 0 Å². The van der Waals surface area contributed by atoms with Crippen molar-refractivity contribution < 1.29 is 0 Å². The summed E-state index contributed by atoms with van der Waals surface area (Å²) in [6.07, 6.45) is 5.42. The Hall–Kier alpha value is -1.84. The lowest BCUT2D eigenvalue weighted by Gasteiger charge is -2.14. The highest BCUT2D eigenvalue weighted by Gasteiger charge is 2.06. The molecule has 0 aliphatic carbocycles. The van der Waals surface area contributed by atoms with Crippen molar-refractivity contribution in [2.45, 2.75) is 13.0 Å². The van der Waals surface area contributed by atoms with E-state index in [1.54, 1.807) is 12.4 Å². The number of nitrogens with one attached hydrogen (secondary N) is 1. The molecule has 0 aliphatic rings. The highest BCUT2D eigenvalue weighted by molar-refractivity contribution is 5.37. The molecule has 0 aliphatic heterocycles. The Morgan fingerprint density at radius 3 is 2.80 bits per heavy atom. The minimum Gasteiger partial charge on any atom is -0.364 e. The van der Waals surface area contributed by atoms with E-state index >= 15 is 0 Å². The van der Waals surface area contributed by atoms with E-state index < -0.39 is 0 Å².